The maximum absolute atomic E-state index is 12.6. The molecule has 2 aromatic heterocycles. The number of piperidine rings is 1. The van der Waals surface area contributed by atoms with Crippen LogP contribution in [0.5, 0.6) is 0 Å². The number of hydrogen-bond donors (Lipinski definition) is 1. The third kappa shape index (κ3) is 4.47. The summed E-state index contributed by atoms with van der Waals surface area (Å²) in [6.07, 6.45) is 3.46. The van der Waals surface area contributed by atoms with E-state index in [-0.39, 0.29) is 11.8 Å². The van der Waals surface area contributed by atoms with Gasteiger partial charge in [0.1, 0.15) is 5.76 Å². The molecule has 0 radical (unpaired) electrons. The van der Waals surface area contributed by atoms with Gasteiger partial charge >= 0.3 is 0 Å². The Hall–Kier alpha value is -3.15. The SMILES string of the molecule is Cc1ccc(-c2ccc(N3CCC[C@@H](C(=O)NCc4ccco4)C3)nn2)cc1C. The number of carbonyl (C=O) groups is 1. The normalized spacial score (nSPS) is 16.6. The fourth-order valence-corrected chi connectivity index (χ4v) is 3.68. The number of furan rings is 1. The van der Waals surface area contributed by atoms with Gasteiger partial charge in [-0.2, -0.15) is 0 Å². The first-order valence-corrected chi connectivity index (χ1v) is 10.1. The zero-order chi connectivity index (χ0) is 20.2. The van der Waals surface area contributed by atoms with Crippen molar-refractivity contribution in [3.05, 3.63) is 65.6 Å². The second kappa shape index (κ2) is 8.47. The Balaban J connectivity index is 1.40. The van der Waals surface area contributed by atoms with Crippen LogP contribution in [0.1, 0.15) is 29.7 Å². The molecule has 1 aliphatic rings. The molecule has 0 spiro atoms. The first-order chi connectivity index (χ1) is 14.1. The lowest BCUT2D eigenvalue weighted by Gasteiger charge is -2.32. The summed E-state index contributed by atoms with van der Waals surface area (Å²) in [5.41, 5.74) is 4.44. The highest BCUT2D eigenvalue weighted by Crippen LogP contribution is 2.24. The van der Waals surface area contributed by atoms with E-state index in [1.54, 1.807) is 6.26 Å². The highest BCUT2D eigenvalue weighted by molar-refractivity contribution is 5.79. The summed E-state index contributed by atoms with van der Waals surface area (Å²) in [5, 5.41) is 11.8. The molecule has 29 heavy (non-hydrogen) atoms. The predicted molar refractivity (Wildman–Crippen MR) is 112 cm³/mol. The van der Waals surface area contributed by atoms with E-state index in [0.29, 0.717) is 13.1 Å². The summed E-state index contributed by atoms with van der Waals surface area (Å²) in [6, 6.07) is 14.0. The first kappa shape index (κ1) is 19.2. The average molecular weight is 390 g/mol. The Morgan fingerprint density at radius 3 is 2.79 bits per heavy atom. The number of anilines is 1. The Kier molecular flexibility index (Phi) is 5.60. The predicted octanol–water partition coefficient (Wildman–Crippen LogP) is 3.89. The van der Waals surface area contributed by atoms with Gasteiger partial charge in [-0.05, 0) is 68.1 Å². The quantitative estimate of drug-likeness (QED) is 0.716. The van der Waals surface area contributed by atoms with Crippen LogP contribution in [-0.4, -0.2) is 29.2 Å². The molecule has 1 fully saturated rings. The van der Waals surface area contributed by atoms with Crippen LogP contribution in [0.4, 0.5) is 5.82 Å². The van der Waals surface area contributed by atoms with Crippen molar-refractivity contribution in [2.24, 2.45) is 5.92 Å². The van der Waals surface area contributed by atoms with E-state index in [1.807, 2.05) is 24.3 Å². The monoisotopic (exact) mass is 390 g/mol. The van der Waals surface area contributed by atoms with Gasteiger partial charge in [0.15, 0.2) is 5.82 Å². The van der Waals surface area contributed by atoms with Gasteiger partial charge in [-0.25, -0.2) is 0 Å². The number of benzene rings is 1. The Bertz CT molecular complexity index is 967. The summed E-state index contributed by atoms with van der Waals surface area (Å²) >= 11 is 0. The summed E-state index contributed by atoms with van der Waals surface area (Å²) in [5.74, 6) is 1.59. The van der Waals surface area contributed by atoms with Crippen molar-refractivity contribution in [2.45, 2.75) is 33.2 Å². The second-order valence-electron chi connectivity index (χ2n) is 7.66. The molecule has 0 unspecified atom stereocenters. The molecule has 3 aromatic rings. The van der Waals surface area contributed by atoms with Crippen molar-refractivity contribution in [1.29, 1.82) is 0 Å². The van der Waals surface area contributed by atoms with E-state index in [4.69, 9.17) is 4.42 Å². The zero-order valence-electron chi connectivity index (χ0n) is 16.9. The molecular weight excluding hydrogens is 364 g/mol. The molecule has 0 saturated carbocycles. The number of aromatic nitrogens is 2. The molecule has 4 rings (SSSR count). The molecule has 0 bridgehead atoms. The number of rotatable bonds is 5. The van der Waals surface area contributed by atoms with Crippen molar-refractivity contribution in [1.82, 2.24) is 15.5 Å². The molecule has 6 heteroatoms. The molecule has 1 N–H and O–H groups in total. The Labute approximate surface area is 170 Å². The Morgan fingerprint density at radius 2 is 2.07 bits per heavy atom. The fraction of sp³-hybridized carbons (Fsp3) is 0.348. The number of nitrogens with zero attached hydrogens (tertiary/aromatic N) is 3. The van der Waals surface area contributed by atoms with Crippen molar-refractivity contribution in [3.8, 4) is 11.3 Å². The molecule has 3 heterocycles. The van der Waals surface area contributed by atoms with Gasteiger partial charge in [0.05, 0.1) is 24.4 Å². The lowest BCUT2D eigenvalue weighted by atomic mass is 9.97. The molecule has 0 aliphatic carbocycles. The number of nitrogens with one attached hydrogen (secondary N) is 1. The largest absolute Gasteiger partial charge is 0.467 e. The van der Waals surface area contributed by atoms with Crippen molar-refractivity contribution >= 4 is 11.7 Å². The molecule has 1 aliphatic heterocycles. The third-order valence-corrected chi connectivity index (χ3v) is 5.59. The van der Waals surface area contributed by atoms with E-state index in [1.165, 1.54) is 11.1 Å². The van der Waals surface area contributed by atoms with E-state index in [9.17, 15) is 4.79 Å². The van der Waals surface area contributed by atoms with Crippen molar-refractivity contribution < 1.29 is 9.21 Å². The zero-order valence-corrected chi connectivity index (χ0v) is 16.9. The van der Waals surface area contributed by atoms with E-state index in [2.05, 4.69) is 52.5 Å². The second-order valence-corrected chi connectivity index (χ2v) is 7.66. The van der Waals surface area contributed by atoms with Crippen LogP contribution in [0, 0.1) is 19.8 Å². The molecule has 1 saturated heterocycles. The minimum atomic E-state index is -0.0556. The third-order valence-electron chi connectivity index (χ3n) is 5.59. The van der Waals surface area contributed by atoms with Crippen LogP contribution < -0.4 is 10.2 Å². The minimum Gasteiger partial charge on any atom is -0.467 e. The number of amides is 1. The number of aryl methyl sites for hydroxylation is 2. The molecular formula is C23H26N4O2. The van der Waals surface area contributed by atoms with Crippen LogP contribution in [0.3, 0.4) is 0 Å². The summed E-state index contributed by atoms with van der Waals surface area (Å²) in [4.78, 5) is 14.7. The molecule has 1 atom stereocenters. The minimum absolute atomic E-state index is 0.0556. The Morgan fingerprint density at radius 1 is 1.17 bits per heavy atom. The topological polar surface area (TPSA) is 71.3 Å². The molecule has 1 amide bonds. The average Bonchev–Trinajstić information content (AvgIpc) is 3.28. The molecule has 6 nitrogen and oxygen atoms in total. The maximum Gasteiger partial charge on any atom is 0.225 e. The van der Waals surface area contributed by atoms with Gasteiger partial charge in [0.25, 0.3) is 0 Å². The van der Waals surface area contributed by atoms with Crippen LogP contribution in [0.15, 0.2) is 53.1 Å². The van der Waals surface area contributed by atoms with Gasteiger partial charge in [0.2, 0.25) is 5.91 Å². The lowest BCUT2D eigenvalue weighted by molar-refractivity contribution is -0.125. The lowest BCUT2D eigenvalue weighted by Crippen LogP contribution is -2.43. The smallest absolute Gasteiger partial charge is 0.225 e. The van der Waals surface area contributed by atoms with Gasteiger partial charge in [-0.15, -0.1) is 10.2 Å². The van der Waals surface area contributed by atoms with E-state index < -0.39 is 0 Å². The maximum atomic E-state index is 12.6. The summed E-state index contributed by atoms with van der Waals surface area (Å²) in [6.45, 7) is 6.17. The number of carbonyl (C=O) groups excluding carboxylic acids is 1. The fourth-order valence-electron chi connectivity index (χ4n) is 3.68. The molecule has 1 aromatic carbocycles. The van der Waals surface area contributed by atoms with E-state index in [0.717, 1.165) is 42.2 Å². The van der Waals surface area contributed by atoms with Crippen LogP contribution in [0.25, 0.3) is 11.3 Å². The first-order valence-electron chi connectivity index (χ1n) is 10.1. The highest BCUT2D eigenvalue weighted by atomic mass is 16.3. The van der Waals surface area contributed by atoms with E-state index >= 15 is 0 Å². The van der Waals surface area contributed by atoms with Crippen LogP contribution in [0.2, 0.25) is 0 Å². The summed E-state index contributed by atoms with van der Waals surface area (Å²) in [7, 11) is 0. The number of hydrogen-bond acceptors (Lipinski definition) is 5. The van der Waals surface area contributed by atoms with Crippen molar-refractivity contribution in [3.63, 3.8) is 0 Å². The summed E-state index contributed by atoms with van der Waals surface area (Å²) < 4.78 is 5.28. The van der Waals surface area contributed by atoms with Crippen LogP contribution >= 0.6 is 0 Å². The standard InChI is InChI=1S/C23H26N4O2/c1-16-7-8-18(13-17(16)2)21-9-10-22(26-25-21)27-11-3-5-19(15-27)23(28)24-14-20-6-4-12-29-20/h4,6-10,12-13,19H,3,5,11,14-15H2,1-2H3,(H,24,28)/t19-/m1/s1. The van der Waals surface area contributed by atoms with Gasteiger partial charge in [-0.3, -0.25) is 4.79 Å². The van der Waals surface area contributed by atoms with Gasteiger partial charge in [0, 0.05) is 18.7 Å². The molecule has 150 valence electrons. The van der Waals surface area contributed by atoms with Gasteiger partial charge < -0.3 is 14.6 Å². The highest BCUT2D eigenvalue weighted by Gasteiger charge is 2.26. The van der Waals surface area contributed by atoms with Crippen LogP contribution in [-0.2, 0) is 11.3 Å². The van der Waals surface area contributed by atoms with Crippen molar-refractivity contribution in [2.75, 3.05) is 18.0 Å². The van der Waals surface area contributed by atoms with Gasteiger partial charge in [-0.1, -0.05) is 12.1 Å².